The molecule has 0 saturated carbocycles. The first-order chi connectivity index (χ1) is 11.9. The van der Waals surface area contributed by atoms with Crippen molar-refractivity contribution in [3.63, 3.8) is 0 Å². The average molecular weight is 510 g/mol. The van der Waals surface area contributed by atoms with Crippen LogP contribution in [0.5, 0.6) is 0 Å². The van der Waals surface area contributed by atoms with Crippen LogP contribution >= 0.6 is 0 Å². The molecule has 25 heavy (non-hydrogen) atoms. The molecule has 0 amide bonds. The summed E-state index contributed by atoms with van der Waals surface area (Å²) in [6, 6.07) is 22.3. The van der Waals surface area contributed by atoms with E-state index >= 15 is 0 Å². The van der Waals surface area contributed by atoms with Crippen molar-refractivity contribution in [2.24, 2.45) is 0 Å². The van der Waals surface area contributed by atoms with Gasteiger partial charge in [-0.05, 0) is 24.3 Å². The van der Waals surface area contributed by atoms with Gasteiger partial charge < -0.3 is 19.2 Å². The number of carbonyl (C=O) groups is 4. The Labute approximate surface area is 162 Å². The summed E-state index contributed by atoms with van der Waals surface area (Å²) in [6.45, 7) is 8.00. The summed E-state index contributed by atoms with van der Waals surface area (Å²) in [4.78, 5) is 32.0. The first kappa shape index (κ1) is 33.4. The van der Waals surface area contributed by atoms with Crippen molar-refractivity contribution in [2.45, 2.75) is 0 Å². The Hall–Kier alpha value is -3.21. The van der Waals surface area contributed by atoms with E-state index in [1.807, 2.05) is 75.7 Å². The van der Waals surface area contributed by atoms with Gasteiger partial charge in [0.1, 0.15) is 27.2 Å². The van der Waals surface area contributed by atoms with Crippen LogP contribution in [0.2, 0.25) is 0 Å². The zero-order valence-corrected chi connectivity index (χ0v) is 16.5. The van der Waals surface area contributed by atoms with Crippen LogP contribution in [0.15, 0.2) is 60.7 Å². The largest absolute Gasteiger partial charge is 0.307 e. The number of nitrogens with zero attached hydrogens (tertiary/aromatic N) is 2. The van der Waals surface area contributed by atoms with Crippen LogP contribution in [0.3, 0.4) is 0 Å². The molecule has 0 radical (unpaired) electrons. The third-order valence-corrected chi connectivity index (χ3v) is 1.81. The zero-order valence-electron chi connectivity index (χ0n) is 13.5. The van der Waals surface area contributed by atoms with Crippen LogP contribution < -0.4 is 0 Å². The van der Waals surface area contributed by atoms with E-state index in [4.69, 9.17) is 29.7 Å². The van der Waals surface area contributed by atoms with Gasteiger partial charge in [-0.2, -0.15) is 10.5 Å². The number of benzene rings is 2. The van der Waals surface area contributed by atoms with Crippen molar-refractivity contribution >= 4 is 27.2 Å². The average Bonchev–Trinajstić information content (AvgIpc) is 2.75. The van der Waals surface area contributed by atoms with E-state index in [0.29, 0.717) is 11.1 Å². The van der Waals surface area contributed by atoms with Crippen molar-refractivity contribution < 1.29 is 40.2 Å². The maximum absolute atomic E-state index is 8.29. The van der Waals surface area contributed by atoms with Crippen molar-refractivity contribution in [1.82, 2.24) is 0 Å². The summed E-state index contributed by atoms with van der Waals surface area (Å²) in [7, 11) is 0. The third kappa shape index (κ3) is 26.0. The smallest absolute Gasteiger partial charge is 0.106 e. The van der Waals surface area contributed by atoms with E-state index in [1.54, 1.807) is 24.3 Å². The second kappa shape index (κ2) is 37.2. The first-order valence-corrected chi connectivity index (χ1v) is 5.92. The standard InChI is InChI=1S/2C7H5N.4CH2O.W/c2*8-6-7-4-2-1-3-5-7;4*1-2;/h2*1-5H;4*1H2;. The Balaban J connectivity index is -0.0000000743. The fraction of sp³-hybridized carbons (Fsp3) is 0. The molecule has 0 aliphatic carbocycles. The second-order valence-electron chi connectivity index (χ2n) is 2.96. The van der Waals surface area contributed by atoms with Gasteiger partial charge in [0.2, 0.25) is 0 Å². The summed E-state index contributed by atoms with van der Waals surface area (Å²) in [5.41, 5.74) is 1.43. The van der Waals surface area contributed by atoms with E-state index in [-0.39, 0.29) is 21.1 Å². The van der Waals surface area contributed by atoms with Gasteiger partial charge in [-0.1, -0.05) is 36.4 Å². The Morgan fingerprint density at radius 3 is 0.840 bits per heavy atom. The third-order valence-electron chi connectivity index (χ3n) is 1.81. The monoisotopic (exact) mass is 510 g/mol. The predicted molar refractivity (Wildman–Crippen MR) is 90.8 cm³/mol. The van der Waals surface area contributed by atoms with Gasteiger partial charge in [0.25, 0.3) is 0 Å². The first-order valence-electron chi connectivity index (χ1n) is 5.92. The molecule has 2 aromatic rings. The molecule has 7 heteroatoms. The fourth-order valence-electron chi connectivity index (χ4n) is 1.03. The van der Waals surface area contributed by atoms with Gasteiger partial charge >= 0.3 is 0 Å². The maximum Gasteiger partial charge on any atom is 0.106 e. The maximum atomic E-state index is 8.29. The van der Waals surface area contributed by atoms with Crippen LogP contribution in [0.25, 0.3) is 0 Å². The second-order valence-corrected chi connectivity index (χ2v) is 2.96. The van der Waals surface area contributed by atoms with Crippen molar-refractivity contribution in [2.75, 3.05) is 0 Å². The van der Waals surface area contributed by atoms with E-state index in [2.05, 4.69) is 0 Å². The van der Waals surface area contributed by atoms with Crippen LogP contribution in [0, 0.1) is 22.7 Å². The molecule has 130 valence electrons. The molecule has 0 aromatic heterocycles. The number of hydrogen-bond donors (Lipinski definition) is 0. The van der Waals surface area contributed by atoms with Gasteiger partial charge in [-0.3, -0.25) is 0 Å². The van der Waals surface area contributed by atoms with Crippen molar-refractivity contribution in [1.29, 1.82) is 10.5 Å². The molecule has 2 rings (SSSR count). The molecule has 2 aromatic carbocycles. The van der Waals surface area contributed by atoms with Crippen LogP contribution in [-0.4, -0.2) is 27.2 Å². The Kier molecular flexibility index (Phi) is 49.7. The summed E-state index contributed by atoms with van der Waals surface area (Å²) < 4.78 is 0. The molecule has 0 aliphatic rings. The quantitative estimate of drug-likeness (QED) is 0.538. The molecule has 0 unspecified atom stereocenters. The van der Waals surface area contributed by atoms with E-state index in [1.165, 1.54) is 0 Å². The molecular weight excluding hydrogens is 492 g/mol. The number of carbonyl (C=O) groups excluding carboxylic acids is 4. The van der Waals surface area contributed by atoms with E-state index in [9.17, 15) is 0 Å². The normalized spacial score (nSPS) is 5.68. The van der Waals surface area contributed by atoms with Crippen LogP contribution in [-0.2, 0) is 40.2 Å². The van der Waals surface area contributed by atoms with Crippen molar-refractivity contribution in [3.8, 4) is 12.1 Å². The topological polar surface area (TPSA) is 116 Å². The summed E-state index contributed by atoms with van der Waals surface area (Å²) in [6.07, 6.45) is 0. The molecule has 0 heterocycles. The minimum Gasteiger partial charge on any atom is -0.307 e. The molecule has 0 aliphatic heterocycles. The predicted octanol–water partition coefficient (Wildman–Crippen LogP) is 2.37. The van der Waals surface area contributed by atoms with Gasteiger partial charge in [0, 0.05) is 21.1 Å². The van der Waals surface area contributed by atoms with Gasteiger partial charge in [-0.15, -0.1) is 0 Å². The molecule has 0 bridgehead atoms. The van der Waals surface area contributed by atoms with Crippen LogP contribution in [0.4, 0.5) is 0 Å². The summed E-state index contributed by atoms with van der Waals surface area (Å²) in [5.74, 6) is 0. The SMILES string of the molecule is C=O.C=O.C=O.C=O.N#Cc1ccccc1.N#Cc1ccccc1.[W]. The molecular formula is C18H18N2O4W. The van der Waals surface area contributed by atoms with E-state index < -0.39 is 0 Å². The summed E-state index contributed by atoms with van der Waals surface area (Å²) in [5, 5.41) is 16.6. The number of rotatable bonds is 0. The van der Waals surface area contributed by atoms with E-state index in [0.717, 1.165) is 0 Å². The Morgan fingerprint density at radius 2 is 0.720 bits per heavy atom. The molecule has 0 fully saturated rings. The fourth-order valence-corrected chi connectivity index (χ4v) is 1.03. The molecule has 0 spiro atoms. The van der Waals surface area contributed by atoms with Gasteiger partial charge in [0.05, 0.1) is 23.3 Å². The minimum absolute atomic E-state index is 0. The zero-order chi connectivity index (χ0) is 19.6. The van der Waals surface area contributed by atoms with Gasteiger partial charge in [-0.25, -0.2) is 0 Å². The summed E-state index contributed by atoms with van der Waals surface area (Å²) >= 11 is 0. The molecule has 0 N–H and O–H groups in total. The Bertz CT molecular complexity index is 512. The Morgan fingerprint density at radius 1 is 0.520 bits per heavy atom. The number of hydrogen-bond acceptors (Lipinski definition) is 6. The molecule has 0 saturated heterocycles. The minimum atomic E-state index is 0. The van der Waals surface area contributed by atoms with Gasteiger partial charge in [0.15, 0.2) is 0 Å². The number of nitriles is 2. The molecule has 6 nitrogen and oxygen atoms in total. The van der Waals surface area contributed by atoms with Crippen molar-refractivity contribution in [3.05, 3.63) is 71.8 Å². The van der Waals surface area contributed by atoms with Crippen LogP contribution in [0.1, 0.15) is 11.1 Å². The molecule has 0 atom stereocenters.